The van der Waals surface area contributed by atoms with Gasteiger partial charge >= 0.3 is 5.97 Å². The number of nitro groups is 1. The molecule has 0 heterocycles. The molecule has 0 saturated heterocycles. The van der Waals surface area contributed by atoms with Crippen molar-refractivity contribution in [1.29, 1.82) is 0 Å². The zero-order valence-corrected chi connectivity index (χ0v) is 14.6. The van der Waals surface area contributed by atoms with E-state index in [4.69, 9.17) is 4.74 Å². The molecular weight excluding hydrogens is 354 g/mol. The molecule has 0 saturated carbocycles. The second-order valence-electron chi connectivity index (χ2n) is 5.57. The van der Waals surface area contributed by atoms with Crippen molar-refractivity contribution in [3.8, 4) is 0 Å². The highest BCUT2D eigenvalue weighted by Crippen LogP contribution is 2.23. The van der Waals surface area contributed by atoms with E-state index < -0.39 is 22.9 Å². The van der Waals surface area contributed by atoms with Gasteiger partial charge in [-0.05, 0) is 37.3 Å². The topological polar surface area (TPSA) is 128 Å². The van der Waals surface area contributed by atoms with Crippen LogP contribution in [-0.4, -0.2) is 28.8 Å². The number of carbonyl (C=O) groups excluding carboxylic acids is 3. The molecular formula is C18H17N3O6. The summed E-state index contributed by atoms with van der Waals surface area (Å²) in [6.07, 6.45) is -1.17. The van der Waals surface area contributed by atoms with Gasteiger partial charge in [-0.3, -0.25) is 19.7 Å². The van der Waals surface area contributed by atoms with Crippen LogP contribution in [0.3, 0.4) is 0 Å². The van der Waals surface area contributed by atoms with Gasteiger partial charge in [-0.15, -0.1) is 0 Å². The summed E-state index contributed by atoms with van der Waals surface area (Å²) in [5, 5.41) is 15.9. The predicted octanol–water partition coefficient (Wildman–Crippen LogP) is 2.74. The zero-order valence-electron chi connectivity index (χ0n) is 14.6. The van der Waals surface area contributed by atoms with Crippen LogP contribution in [0.15, 0.2) is 48.5 Å². The van der Waals surface area contributed by atoms with Crippen molar-refractivity contribution in [1.82, 2.24) is 0 Å². The Morgan fingerprint density at radius 1 is 1.04 bits per heavy atom. The van der Waals surface area contributed by atoms with Crippen molar-refractivity contribution >= 4 is 34.8 Å². The Labute approximate surface area is 154 Å². The van der Waals surface area contributed by atoms with E-state index in [-0.39, 0.29) is 22.8 Å². The molecule has 2 aromatic rings. The lowest BCUT2D eigenvalue weighted by atomic mass is 10.2. The van der Waals surface area contributed by atoms with Crippen LogP contribution in [0.4, 0.5) is 17.1 Å². The van der Waals surface area contributed by atoms with E-state index in [9.17, 15) is 24.5 Å². The standard InChI is InChI=1S/C18H17N3O6/c1-11(17(23)20-15-5-3-4-6-16(15)21(25)26)27-18(24)13-7-9-14(10-8-13)19-12(2)22/h3-11H,1-2H3,(H,19,22)(H,20,23)/t11-/m1/s1. The lowest BCUT2D eigenvalue weighted by molar-refractivity contribution is -0.383. The second kappa shape index (κ2) is 8.56. The fourth-order valence-corrected chi connectivity index (χ4v) is 2.15. The maximum atomic E-state index is 12.2. The minimum Gasteiger partial charge on any atom is -0.449 e. The molecule has 2 N–H and O–H groups in total. The van der Waals surface area contributed by atoms with Crippen LogP contribution < -0.4 is 10.6 Å². The number of esters is 1. The highest BCUT2D eigenvalue weighted by atomic mass is 16.6. The lowest BCUT2D eigenvalue weighted by Crippen LogP contribution is -2.30. The number of benzene rings is 2. The van der Waals surface area contributed by atoms with Crippen LogP contribution in [-0.2, 0) is 14.3 Å². The number of rotatable bonds is 6. The van der Waals surface area contributed by atoms with Crippen LogP contribution in [0.1, 0.15) is 24.2 Å². The molecule has 9 nitrogen and oxygen atoms in total. The van der Waals surface area contributed by atoms with Crippen LogP contribution in [0.5, 0.6) is 0 Å². The van der Waals surface area contributed by atoms with Gasteiger partial charge in [-0.1, -0.05) is 12.1 Å². The molecule has 0 aliphatic carbocycles. The fourth-order valence-electron chi connectivity index (χ4n) is 2.15. The van der Waals surface area contributed by atoms with Crippen LogP contribution in [0.2, 0.25) is 0 Å². The third-order valence-corrected chi connectivity index (χ3v) is 3.45. The quantitative estimate of drug-likeness (QED) is 0.456. The van der Waals surface area contributed by atoms with Crippen molar-refractivity contribution in [3.05, 3.63) is 64.2 Å². The molecule has 0 bridgehead atoms. The minimum atomic E-state index is -1.17. The molecule has 0 aliphatic heterocycles. The third kappa shape index (κ3) is 5.36. The van der Waals surface area contributed by atoms with Crippen LogP contribution >= 0.6 is 0 Å². The largest absolute Gasteiger partial charge is 0.449 e. The van der Waals surface area contributed by atoms with Crippen LogP contribution in [0, 0.1) is 10.1 Å². The Morgan fingerprint density at radius 3 is 2.26 bits per heavy atom. The SMILES string of the molecule is CC(=O)Nc1ccc(C(=O)O[C@H](C)C(=O)Nc2ccccc2[N+](=O)[O-])cc1. The Morgan fingerprint density at radius 2 is 1.67 bits per heavy atom. The van der Waals surface area contributed by atoms with Gasteiger partial charge in [0.05, 0.1) is 10.5 Å². The Balaban J connectivity index is 2.00. The van der Waals surface area contributed by atoms with Gasteiger partial charge in [0.25, 0.3) is 11.6 Å². The number of anilines is 2. The van der Waals surface area contributed by atoms with Gasteiger partial charge < -0.3 is 15.4 Å². The number of hydrogen-bond donors (Lipinski definition) is 2. The third-order valence-electron chi connectivity index (χ3n) is 3.45. The highest BCUT2D eigenvalue weighted by Gasteiger charge is 2.22. The first-order valence-corrected chi connectivity index (χ1v) is 7.91. The number of nitrogens with zero attached hydrogens (tertiary/aromatic N) is 1. The summed E-state index contributed by atoms with van der Waals surface area (Å²) >= 11 is 0. The molecule has 140 valence electrons. The first kappa shape index (κ1) is 19.6. The van der Waals surface area contributed by atoms with Gasteiger partial charge in [-0.25, -0.2) is 4.79 Å². The summed E-state index contributed by atoms with van der Waals surface area (Å²) in [4.78, 5) is 45.6. The zero-order chi connectivity index (χ0) is 20.0. The molecule has 0 aromatic heterocycles. The normalized spacial score (nSPS) is 11.2. The number of ether oxygens (including phenoxy) is 1. The number of hydrogen-bond acceptors (Lipinski definition) is 6. The van der Waals surface area contributed by atoms with E-state index in [0.717, 1.165) is 0 Å². The van der Waals surface area contributed by atoms with E-state index in [1.54, 1.807) is 0 Å². The van der Waals surface area contributed by atoms with Gasteiger partial charge in [-0.2, -0.15) is 0 Å². The summed E-state index contributed by atoms with van der Waals surface area (Å²) in [7, 11) is 0. The van der Waals surface area contributed by atoms with Crippen molar-refractivity contribution in [2.24, 2.45) is 0 Å². The van der Waals surface area contributed by atoms with Crippen LogP contribution in [0.25, 0.3) is 0 Å². The fraction of sp³-hybridized carbons (Fsp3) is 0.167. The predicted molar refractivity (Wildman–Crippen MR) is 97.3 cm³/mol. The summed E-state index contributed by atoms with van der Waals surface area (Å²) in [5.74, 6) is -1.69. The lowest BCUT2D eigenvalue weighted by Gasteiger charge is -2.14. The Bertz CT molecular complexity index is 879. The molecule has 1 atom stereocenters. The smallest absolute Gasteiger partial charge is 0.338 e. The monoisotopic (exact) mass is 371 g/mol. The molecule has 0 fully saturated rings. The number of para-hydroxylation sites is 2. The first-order valence-electron chi connectivity index (χ1n) is 7.91. The Kier molecular flexibility index (Phi) is 6.21. The molecule has 2 aromatic carbocycles. The first-order chi connectivity index (χ1) is 12.8. The molecule has 9 heteroatoms. The summed E-state index contributed by atoms with van der Waals surface area (Å²) in [6, 6.07) is 11.6. The highest BCUT2D eigenvalue weighted by molar-refractivity contribution is 5.98. The average Bonchev–Trinajstić information content (AvgIpc) is 2.61. The van der Waals surface area contributed by atoms with Crippen molar-refractivity contribution < 1.29 is 24.0 Å². The number of nitrogens with one attached hydrogen (secondary N) is 2. The van der Waals surface area contributed by atoms with Crippen molar-refractivity contribution in [2.45, 2.75) is 20.0 Å². The van der Waals surface area contributed by atoms with Gasteiger partial charge in [0.2, 0.25) is 5.91 Å². The Hall–Kier alpha value is -3.75. The maximum Gasteiger partial charge on any atom is 0.338 e. The molecule has 2 amide bonds. The molecule has 0 unspecified atom stereocenters. The van der Waals surface area contributed by atoms with E-state index >= 15 is 0 Å². The van der Waals surface area contributed by atoms with E-state index in [1.165, 1.54) is 62.4 Å². The summed E-state index contributed by atoms with van der Waals surface area (Å²) in [6.45, 7) is 2.72. The summed E-state index contributed by atoms with van der Waals surface area (Å²) < 4.78 is 5.08. The number of carbonyl (C=O) groups is 3. The maximum absolute atomic E-state index is 12.2. The van der Waals surface area contributed by atoms with E-state index in [1.807, 2.05) is 0 Å². The van der Waals surface area contributed by atoms with E-state index in [0.29, 0.717) is 5.69 Å². The van der Waals surface area contributed by atoms with Gasteiger partial charge in [0.15, 0.2) is 6.10 Å². The second-order valence-corrected chi connectivity index (χ2v) is 5.57. The minimum absolute atomic E-state index is 0.00931. The number of nitro benzene ring substituents is 1. The van der Waals surface area contributed by atoms with Crippen molar-refractivity contribution in [3.63, 3.8) is 0 Å². The molecule has 0 aliphatic rings. The molecule has 2 rings (SSSR count). The van der Waals surface area contributed by atoms with E-state index in [2.05, 4.69) is 10.6 Å². The van der Waals surface area contributed by atoms with Gasteiger partial charge in [0.1, 0.15) is 5.69 Å². The molecule has 27 heavy (non-hydrogen) atoms. The summed E-state index contributed by atoms with van der Waals surface area (Å²) in [5.41, 5.74) is 0.448. The van der Waals surface area contributed by atoms with Gasteiger partial charge in [0, 0.05) is 18.7 Å². The molecule has 0 spiro atoms. The number of amides is 2. The molecule has 0 radical (unpaired) electrons. The average molecular weight is 371 g/mol. The van der Waals surface area contributed by atoms with Crippen molar-refractivity contribution in [2.75, 3.05) is 10.6 Å².